The van der Waals surface area contributed by atoms with E-state index < -0.39 is 206 Å². The molecule has 0 saturated carbocycles. The first-order chi connectivity index (χ1) is 56.5. The third-order valence-electron chi connectivity index (χ3n) is 17.4. The molecule has 0 aliphatic carbocycles. The van der Waals surface area contributed by atoms with Gasteiger partial charge < -0.3 is 135 Å². The summed E-state index contributed by atoms with van der Waals surface area (Å²) >= 11 is 0. The maximum absolute atomic E-state index is 12.4. The van der Waals surface area contributed by atoms with Crippen LogP contribution in [0.15, 0.2) is 0 Å². The van der Waals surface area contributed by atoms with Gasteiger partial charge in [0.05, 0.1) is 36.6 Å². The molecule has 0 aromatic rings. The summed E-state index contributed by atoms with van der Waals surface area (Å²) in [6.45, 7) is 35.4. The van der Waals surface area contributed by atoms with Crippen molar-refractivity contribution in [3.05, 3.63) is 0 Å². The van der Waals surface area contributed by atoms with E-state index in [-0.39, 0.29) is 49.3 Å². The van der Waals surface area contributed by atoms with Crippen molar-refractivity contribution in [3.8, 4) is 0 Å². The van der Waals surface area contributed by atoms with Crippen LogP contribution in [0.4, 0.5) is 14.4 Å². The summed E-state index contributed by atoms with van der Waals surface area (Å²) in [5.74, 6) is -1.28. The Morgan fingerprint density at radius 1 is 0.341 bits per heavy atom. The van der Waals surface area contributed by atoms with Crippen LogP contribution in [0.2, 0.25) is 0 Å². The van der Waals surface area contributed by atoms with Crippen LogP contribution in [-0.2, 0) is 97.9 Å². The number of aliphatic hydroxyl groups excluding tert-OH is 9. The number of carbonyl (C=O) groups is 6. The van der Waals surface area contributed by atoms with Gasteiger partial charge in [-0.3, -0.25) is 41.5 Å². The number of hydrogen-bond donors (Lipinski definition) is 18. The molecule has 0 aromatic carbocycles. The fourth-order valence-electron chi connectivity index (χ4n) is 12.5. The van der Waals surface area contributed by atoms with Crippen LogP contribution < -0.4 is 31.9 Å². The van der Waals surface area contributed by atoms with Gasteiger partial charge >= 0.3 is 41.7 Å². The highest BCUT2D eigenvalue weighted by atomic mass is 31.2. The molecule has 0 radical (unpaired) electrons. The highest BCUT2D eigenvalue weighted by Gasteiger charge is 2.49. The molecule has 42 nitrogen and oxygen atoms in total. The molecule has 3 saturated heterocycles. The normalized spacial score (nSPS) is 25.7. The van der Waals surface area contributed by atoms with Crippen molar-refractivity contribution in [3.63, 3.8) is 0 Å². The summed E-state index contributed by atoms with van der Waals surface area (Å²) in [4.78, 5) is 101. The van der Waals surface area contributed by atoms with Crippen molar-refractivity contribution in [2.45, 2.75) is 369 Å². The standard InChI is InChI=1S/C28H55N2O12P.2C25H49N2O12P/c1-19(32)30-22-24(34)23(33)21(17-31)40-25(22)38-15-13-11-9-8-10-12-14-29-26(35)39-18-20(16-27(2,3)4)41-43(36,37)42-28(5,6)7;2*1-16(29)27-19-21(31)20(30)18(14-28)37-22(19)35-12-10-8-9-11-26-23(32)36-15-17(13-24(2,3)4)38-40(33,34)39-25(5,6)7/h20-25,31,33-34H,8-18H2,1-7H3,(H,29,35)(H,30,32)(H,36,37);2*17-22,28,30-31H,8-15H2,1-7H3,(H,26,32)(H,27,29)(H,33,34)/t20-,21+,22+,23-,24+,25+;17-,18+,19+,20-,21+,22+;17-,18-,19-,20+,21-,22-/m001/s1. The van der Waals surface area contributed by atoms with E-state index in [1.807, 2.05) is 62.3 Å². The average molecular weight is 1840 g/mol. The fraction of sp³-hybridized carbons (Fsp3) is 0.923. The summed E-state index contributed by atoms with van der Waals surface area (Å²) < 4.78 is 118. The summed E-state index contributed by atoms with van der Waals surface area (Å²) in [7, 11) is -13.1. The highest BCUT2D eigenvalue weighted by molar-refractivity contribution is 7.48. The number of hydrogen-bond acceptors (Lipinski definition) is 33. The molecule has 726 valence electrons. The van der Waals surface area contributed by atoms with E-state index in [0.29, 0.717) is 90.4 Å². The molecular weight excluding hydrogens is 1690 g/mol. The van der Waals surface area contributed by atoms with Crippen molar-refractivity contribution in [1.82, 2.24) is 31.9 Å². The van der Waals surface area contributed by atoms with Gasteiger partial charge in [-0.1, -0.05) is 88.0 Å². The van der Waals surface area contributed by atoms with Crippen LogP contribution >= 0.6 is 23.5 Å². The van der Waals surface area contributed by atoms with E-state index >= 15 is 0 Å². The van der Waals surface area contributed by atoms with Crippen molar-refractivity contribution >= 4 is 59.5 Å². The second-order valence-corrected chi connectivity index (χ2v) is 41.2. The number of carbonyl (C=O) groups excluding carboxylic acids is 6. The minimum atomic E-state index is -4.38. The Kier molecular flexibility index (Phi) is 53.1. The molecule has 18 N–H and O–H groups in total. The molecule has 123 heavy (non-hydrogen) atoms. The van der Waals surface area contributed by atoms with Crippen molar-refractivity contribution in [1.29, 1.82) is 0 Å². The van der Waals surface area contributed by atoms with Gasteiger partial charge in [-0.25, -0.2) is 28.1 Å². The van der Waals surface area contributed by atoms with E-state index in [9.17, 15) is 103 Å². The van der Waals surface area contributed by atoms with Crippen LogP contribution in [0.25, 0.3) is 0 Å². The number of unbranched alkanes of at least 4 members (excludes halogenated alkanes) is 9. The zero-order valence-corrected chi connectivity index (χ0v) is 78.7. The van der Waals surface area contributed by atoms with Crippen molar-refractivity contribution < 1.29 is 173 Å². The number of nitrogens with one attached hydrogen (secondary N) is 6. The van der Waals surface area contributed by atoms with E-state index in [0.717, 1.165) is 32.1 Å². The van der Waals surface area contributed by atoms with Crippen LogP contribution in [0.3, 0.4) is 0 Å². The van der Waals surface area contributed by atoms with E-state index in [2.05, 4.69) is 31.9 Å². The molecule has 3 aliphatic heterocycles. The summed E-state index contributed by atoms with van der Waals surface area (Å²) in [5.41, 5.74) is -3.46. The van der Waals surface area contributed by atoms with Gasteiger partial charge in [0.2, 0.25) is 17.7 Å². The Balaban J connectivity index is 0.000000923. The monoisotopic (exact) mass is 1840 g/mol. The van der Waals surface area contributed by atoms with E-state index in [4.69, 9.17) is 69.8 Å². The first kappa shape index (κ1) is 117. The van der Waals surface area contributed by atoms with Gasteiger partial charge in [0.25, 0.3) is 0 Å². The Labute approximate surface area is 725 Å². The number of ether oxygens (including phenoxy) is 9. The van der Waals surface area contributed by atoms with Crippen LogP contribution in [0, 0.1) is 16.2 Å². The lowest BCUT2D eigenvalue weighted by molar-refractivity contribution is -0.270. The average Bonchev–Trinajstić information content (AvgIpc) is 0.816. The van der Waals surface area contributed by atoms with Gasteiger partial charge in [-0.05, 0) is 149 Å². The minimum absolute atomic E-state index is 0.194. The van der Waals surface area contributed by atoms with E-state index in [1.54, 1.807) is 62.3 Å². The maximum Gasteiger partial charge on any atom is 0.473 e. The molecule has 3 unspecified atom stereocenters. The maximum atomic E-state index is 12.4. The highest BCUT2D eigenvalue weighted by Crippen LogP contribution is 2.52. The van der Waals surface area contributed by atoms with Crippen molar-refractivity contribution in [2.24, 2.45) is 16.2 Å². The summed E-state index contributed by atoms with van der Waals surface area (Å²) in [6, 6.07) is -2.96. The molecule has 3 heterocycles. The Morgan fingerprint density at radius 2 is 0.553 bits per heavy atom. The molecular formula is C78H153N6O36P3. The summed E-state index contributed by atoms with van der Waals surface area (Å²) in [5, 5.41) is 105. The Bertz CT molecular complexity index is 3050. The number of alkyl carbamates (subject to hydrolysis) is 3. The lowest BCUT2D eigenvalue weighted by Crippen LogP contribution is -2.64. The number of phosphoric acid groups is 3. The second-order valence-electron chi connectivity index (χ2n) is 37.2. The molecule has 3 aliphatic rings. The minimum Gasteiger partial charge on any atom is -0.447 e. The van der Waals surface area contributed by atoms with Crippen LogP contribution in [0.5, 0.6) is 0 Å². The topological polar surface area (TPSA) is 607 Å². The second kappa shape index (κ2) is 55.9. The molecule has 3 rings (SSSR count). The van der Waals surface area contributed by atoms with Gasteiger partial charge in [0.1, 0.15) is 111 Å². The van der Waals surface area contributed by atoms with Gasteiger partial charge in [-0.2, -0.15) is 0 Å². The lowest BCUT2D eigenvalue weighted by Gasteiger charge is -2.42. The van der Waals surface area contributed by atoms with Crippen LogP contribution in [-0.4, -0.2) is 303 Å². The first-order valence-corrected chi connectivity index (χ1v) is 46.4. The lowest BCUT2D eigenvalue weighted by atomic mass is 9.89. The van der Waals surface area contributed by atoms with Crippen molar-refractivity contribution in [2.75, 3.05) is 79.1 Å². The first-order valence-electron chi connectivity index (χ1n) is 41.9. The third-order valence-corrected chi connectivity index (χ3v) is 21.4. The number of phosphoric ester groups is 3. The zero-order valence-electron chi connectivity index (χ0n) is 76.0. The molecule has 3 fully saturated rings. The van der Waals surface area contributed by atoms with E-state index in [1.165, 1.54) is 20.8 Å². The van der Waals surface area contributed by atoms with Gasteiger partial charge in [0.15, 0.2) is 18.9 Å². The number of aliphatic hydroxyl groups is 9. The molecule has 0 bridgehead atoms. The van der Waals surface area contributed by atoms with Gasteiger partial charge in [-0.15, -0.1) is 0 Å². The van der Waals surface area contributed by atoms with Crippen LogP contribution in [0.1, 0.15) is 242 Å². The Morgan fingerprint density at radius 3 is 0.756 bits per heavy atom. The predicted octanol–water partition coefficient (Wildman–Crippen LogP) is 5.91. The molecule has 6 amide bonds. The van der Waals surface area contributed by atoms with Gasteiger partial charge in [0, 0.05) is 60.2 Å². The Hall–Kier alpha value is -4.05. The quantitative estimate of drug-likeness (QED) is 0.0191. The summed E-state index contributed by atoms with van der Waals surface area (Å²) in [6.07, 6.45) is -9.22. The SMILES string of the molecule is CC(=O)N[C@H]1[C@H](OCCCCCCCCNC(=O)OC[C@H](CC(C)(C)C)OP(=O)(O)OC(C)(C)C)O[C@H](CO)[C@H](O)[C@@H]1O.CC(=O)N[C@H]1[C@H](OCCCCCNC(=O)OC[C@@H](CC(C)(C)C)OP(=O)(O)OC(C)(C)C)O[C@H](CO)[C@H](O)[C@@H]1O.CC(=O)N[C@H]1[C@H](OCCCCCNC(=O)OC[C@H](CC(C)(C)C)OP(=O)(O)OC(C)(C)C)O[C@H](CO)[C@H](O)[C@@H]1O. The number of amides is 6. The number of rotatable bonds is 48. The fourth-order valence-corrected chi connectivity index (χ4v) is 16.2. The smallest absolute Gasteiger partial charge is 0.447 e. The zero-order chi connectivity index (χ0) is 94.3. The molecule has 0 spiro atoms. The third kappa shape index (κ3) is 54.9. The largest absolute Gasteiger partial charge is 0.473 e. The predicted molar refractivity (Wildman–Crippen MR) is 446 cm³/mol. The molecule has 0 aromatic heterocycles. The molecule has 21 atom stereocenters. The molecule has 45 heteroatoms.